The molecule has 5 aromatic carbocycles. The molecule has 0 N–H and O–H groups in total. The van der Waals surface area contributed by atoms with Crippen molar-refractivity contribution in [2.45, 2.75) is 81.1 Å². The van der Waals surface area contributed by atoms with Crippen molar-refractivity contribution in [3.63, 3.8) is 0 Å². The van der Waals surface area contributed by atoms with Crippen LogP contribution in [-0.4, -0.2) is 21.9 Å². The molecule has 1 aliphatic rings. The first-order valence-corrected chi connectivity index (χ1v) is 21.5. The number of aryl methyl sites for hydroxylation is 8. The summed E-state index contributed by atoms with van der Waals surface area (Å²) in [6.45, 7) is 18.7. The molecule has 8 rings (SSSR count). The number of nitrogens with zero attached hydrogens (tertiary/aromatic N) is 4. The third kappa shape index (κ3) is 11.3. The van der Waals surface area contributed by atoms with E-state index in [4.69, 9.17) is 9.97 Å². The molecule has 4 nitrogen and oxygen atoms in total. The number of rotatable bonds is 10. The van der Waals surface area contributed by atoms with Gasteiger partial charge in [0.1, 0.15) is 0 Å². The molecule has 0 bridgehead atoms. The maximum Gasteiger partial charge on any atom is 0.0408 e. The second kappa shape index (κ2) is 21.0. The van der Waals surface area contributed by atoms with E-state index in [2.05, 4.69) is 127 Å². The van der Waals surface area contributed by atoms with Crippen LogP contribution >= 0.6 is 0 Å². The Labute approximate surface area is 395 Å². The van der Waals surface area contributed by atoms with Crippen molar-refractivity contribution in [1.29, 1.82) is 0 Å². The Kier molecular flexibility index (Phi) is 15.7. The van der Waals surface area contributed by atoms with Gasteiger partial charge in [-0.1, -0.05) is 70.8 Å². The maximum absolute atomic E-state index is 15.0. The molecule has 337 valence electrons. The van der Waals surface area contributed by atoms with Crippen LogP contribution in [0.15, 0.2) is 108 Å². The number of para-hydroxylation sites is 1. The van der Waals surface area contributed by atoms with Gasteiger partial charge in [-0.2, -0.15) is 37.0 Å². The molecular formula is C56H52F4IrN4-4. The third-order valence-electron chi connectivity index (χ3n) is 11.7. The van der Waals surface area contributed by atoms with E-state index in [-0.39, 0.29) is 31.2 Å². The number of hydrogen-bond donors (Lipinski definition) is 0. The number of allylic oxidation sites excluding steroid dienone is 2. The van der Waals surface area contributed by atoms with Crippen molar-refractivity contribution in [1.82, 2.24) is 14.9 Å². The van der Waals surface area contributed by atoms with Gasteiger partial charge in [0.25, 0.3) is 0 Å². The molecule has 0 amide bonds. The zero-order valence-electron chi connectivity index (χ0n) is 38.3. The summed E-state index contributed by atoms with van der Waals surface area (Å²) in [5.74, 6) is -2.81. The zero-order chi connectivity index (χ0) is 45.8. The summed E-state index contributed by atoms with van der Waals surface area (Å²) in [6.07, 6.45) is 2.71. The van der Waals surface area contributed by atoms with E-state index in [0.29, 0.717) is 24.2 Å². The minimum Gasteiger partial charge on any atom is -0.508 e. The number of hydrogen-bond acceptors (Lipinski definition) is 4. The first kappa shape index (κ1) is 48.6. The molecular weight excluding hydrogens is 997 g/mol. The van der Waals surface area contributed by atoms with Crippen LogP contribution in [-0.2, 0) is 32.9 Å². The Hall–Kier alpha value is -5.89. The monoisotopic (exact) mass is 1050 g/mol. The number of aromatic nitrogens is 2. The van der Waals surface area contributed by atoms with Crippen molar-refractivity contribution >= 4 is 5.69 Å². The molecule has 0 fully saturated rings. The van der Waals surface area contributed by atoms with Gasteiger partial charge in [-0.05, 0) is 162 Å². The Morgan fingerprint density at radius 1 is 0.554 bits per heavy atom. The van der Waals surface area contributed by atoms with Gasteiger partial charge in [0.15, 0.2) is 0 Å². The van der Waals surface area contributed by atoms with Crippen molar-refractivity contribution in [2.75, 3.05) is 11.9 Å². The fraction of sp³-hybridized carbons (Fsp3) is 0.232. The zero-order valence-corrected chi connectivity index (χ0v) is 40.7. The number of benzene rings is 5. The van der Waals surface area contributed by atoms with E-state index in [0.717, 1.165) is 110 Å². The molecule has 65 heavy (non-hydrogen) atoms. The van der Waals surface area contributed by atoms with Crippen LogP contribution in [0, 0.1) is 89.7 Å². The first-order chi connectivity index (χ1) is 30.6. The van der Waals surface area contributed by atoms with E-state index in [1.165, 1.54) is 11.4 Å². The normalized spacial score (nSPS) is 12.3. The quantitative estimate of drug-likeness (QED) is 0.0776. The third-order valence-corrected chi connectivity index (χ3v) is 11.7. The van der Waals surface area contributed by atoms with Crippen LogP contribution in [0.25, 0.3) is 44.8 Å². The van der Waals surface area contributed by atoms with E-state index < -0.39 is 23.3 Å². The van der Waals surface area contributed by atoms with Crippen LogP contribution < -0.4 is 4.90 Å². The topological polar surface area (TPSA) is 32.3 Å². The summed E-state index contributed by atoms with van der Waals surface area (Å²) >= 11 is 0. The smallest absolute Gasteiger partial charge is 0.0408 e. The molecule has 1 aliphatic heterocycles. The predicted molar refractivity (Wildman–Crippen MR) is 251 cm³/mol. The molecule has 2 aromatic heterocycles. The fourth-order valence-electron chi connectivity index (χ4n) is 8.69. The fourth-order valence-corrected chi connectivity index (χ4v) is 8.69. The van der Waals surface area contributed by atoms with E-state index in [9.17, 15) is 17.6 Å². The molecule has 7 aromatic rings. The average Bonchev–Trinajstić information content (AvgIpc) is 3.49. The Morgan fingerprint density at radius 3 is 1.37 bits per heavy atom. The van der Waals surface area contributed by atoms with Gasteiger partial charge in [-0.15, -0.1) is 30.0 Å². The second-order valence-corrected chi connectivity index (χ2v) is 16.8. The minimum absolute atomic E-state index is 0. The summed E-state index contributed by atoms with van der Waals surface area (Å²) in [4.78, 5) is 13.9. The molecule has 0 aliphatic carbocycles. The average molecular weight is 1050 g/mol. The second-order valence-electron chi connectivity index (χ2n) is 16.8. The molecule has 9 heteroatoms. The largest absolute Gasteiger partial charge is 0.508 e. The van der Waals surface area contributed by atoms with Gasteiger partial charge in [-0.3, -0.25) is 17.6 Å². The number of unbranched alkanes of at least 4 members (excludes halogenated alkanes) is 1. The van der Waals surface area contributed by atoms with E-state index in [1.807, 2.05) is 42.5 Å². The van der Waals surface area contributed by atoms with Gasteiger partial charge in [0, 0.05) is 60.5 Å². The van der Waals surface area contributed by atoms with Crippen LogP contribution in [0.2, 0.25) is 0 Å². The summed E-state index contributed by atoms with van der Waals surface area (Å²) in [6, 6.07) is 36.9. The SMILES string of the molecule is CC1=C(C)N(c2[c-]cccc2)[CH-]N1C.Cc1cc(C)c(-c2cc(CCCCc3cc(-c4c(C)cc(C)cc4C)cc(-c4[c-]cc(F)cc4F)n3)nc(-c3[c-]cc(F)cc3F)c2)c(C)c1.[Ir]. The number of halogens is 4. The summed E-state index contributed by atoms with van der Waals surface area (Å²) in [7, 11) is 2.06. The van der Waals surface area contributed by atoms with E-state index in [1.54, 1.807) is 0 Å². The first-order valence-electron chi connectivity index (χ1n) is 21.5. The van der Waals surface area contributed by atoms with Gasteiger partial charge in [0.2, 0.25) is 0 Å². The van der Waals surface area contributed by atoms with Crippen molar-refractivity contribution in [3.8, 4) is 44.8 Å². The van der Waals surface area contributed by atoms with Crippen molar-refractivity contribution < 1.29 is 37.7 Å². The predicted octanol–water partition coefficient (Wildman–Crippen LogP) is 14.3. The van der Waals surface area contributed by atoms with Crippen LogP contribution in [0.1, 0.15) is 71.5 Å². The van der Waals surface area contributed by atoms with Crippen molar-refractivity contribution in [3.05, 3.63) is 201 Å². The summed E-state index contributed by atoms with van der Waals surface area (Å²) in [5, 5.41) is 0. The molecule has 0 saturated heterocycles. The molecule has 0 atom stereocenters. The Morgan fingerprint density at radius 2 is 1.00 bits per heavy atom. The Balaban J connectivity index is 0.000000396. The maximum atomic E-state index is 15.0. The Bertz CT molecular complexity index is 2670. The minimum atomic E-state index is -0.714. The van der Waals surface area contributed by atoms with Crippen LogP contribution in [0.4, 0.5) is 23.2 Å². The molecule has 1 radical (unpaired) electrons. The molecule has 0 spiro atoms. The van der Waals surface area contributed by atoms with Gasteiger partial charge < -0.3 is 19.8 Å². The summed E-state index contributed by atoms with van der Waals surface area (Å²) in [5.41, 5.74) is 16.9. The van der Waals surface area contributed by atoms with Gasteiger partial charge >= 0.3 is 0 Å². The van der Waals surface area contributed by atoms with E-state index >= 15 is 0 Å². The molecule has 0 unspecified atom stereocenters. The van der Waals surface area contributed by atoms with Crippen molar-refractivity contribution in [2.24, 2.45) is 0 Å². The van der Waals surface area contributed by atoms with Gasteiger partial charge in [0.05, 0.1) is 0 Å². The number of anilines is 1. The molecule has 3 heterocycles. The molecule has 0 saturated carbocycles. The summed E-state index contributed by atoms with van der Waals surface area (Å²) < 4.78 is 57.5. The van der Waals surface area contributed by atoms with Gasteiger partial charge in [-0.25, -0.2) is 0 Å². The standard InChI is InChI=1S/C44H38F4N2.C12H14N2.Ir/c1-25-15-27(3)43(28(4)16-25)31-19-35(49-41(21-31)37-13-11-33(45)23-39(37)47)9-7-8-10-36-20-32(44-29(5)17-26(2)18-30(44)6)22-42(50-36)38-14-12-34(46)24-40(38)48;1-10-11(2)14(9-13(10)3)12-7-5-4-6-8-12;/h11-12,15-24H,7-10H2,1-6H3;4-7,9H,1-3H3;/q2*-2;. The van der Waals surface area contributed by atoms with Crippen LogP contribution in [0.5, 0.6) is 0 Å². The van der Waals surface area contributed by atoms with Crippen LogP contribution in [0.3, 0.4) is 0 Å². The number of pyridine rings is 2.